The van der Waals surface area contributed by atoms with Gasteiger partial charge in [0.25, 0.3) is 0 Å². The van der Waals surface area contributed by atoms with E-state index in [0.717, 1.165) is 0 Å². The molecule has 0 saturated heterocycles. The molecule has 0 heterocycles. The summed E-state index contributed by atoms with van der Waals surface area (Å²) >= 11 is 0. The summed E-state index contributed by atoms with van der Waals surface area (Å²) in [7, 11) is -3.35. The van der Waals surface area contributed by atoms with E-state index in [0.29, 0.717) is 0 Å². The van der Waals surface area contributed by atoms with Gasteiger partial charge in [-0.1, -0.05) is 6.58 Å². The molecular weight excluding hydrogens is 191 g/mol. The predicted octanol–water partition coefficient (Wildman–Crippen LogP) is 2.53. The minimum Gasteiger partial charge on any atom is -0.287 e. The second-order valence-electron chi connectivity index (χ2n) is 1.99. The highest BCUT2D eigenvalue weighted by atomic mass is 31.2. The summed E-state index contributed by atoms with van der Waals surface area (Å²) in [5.74, 6) is 0. The highest BCUT2D eigenvalue weighted by Gasteiger charge is 2.24. The molecule has 0 atom stereocenters. The van der Waals surface area contributed by atoms with Gasteiger partial charge in [0.2, 0.25) is 0 Å². The van der Waals surface area contributed by atoms with Crippen LogP contribution in [0.2, 0.25) is 0 Å². The molecule has 0 spiro atoms. The zero-order valence-electron chi connectivity index (χ0n) is 7.99. The molecule has 0 unspecified atom stereocenters. The Labute approximate surface area is 78.8 Å². The first-order valence-electron chi connectivity index (χ1n) is 4.06. The van der Waals surface area contributed by atoms with E-state index in [9.17, 15) is 4.57 Å². The van der Waals surface area contributed by atoms with Crippen LogP contribution in [-0.2, 0) is 18.1 Å². The normalized spacial score (nSPS) is 10.9. The fourth-order valence-electron chi connectivity index (χ4n) is 0.616. The molecule has 0 fully saturated rings. The van der Waals surface area contributed by atoms with Gasteiger partial charge in [0.05, 0.1) is 19.8 Å². The van der Waals surface area contributed by atoms with Gasteiger partial charge in [-0.2, -0.15) is 0 Å². The van der Waals surface area contributed by atoms with Crippen LogP contribution in [0.4, 0.5) is 0 Å². The first-order chi connectivity index (χ1) is 6.18. The predicted molar refractivity (Wildman–Crippen MR) is 50.5 cm³/mol. The SMILES string of the molecule is C=C=CCOP(=O)(OCC)OCC. The van der Waals surface area contributed by atoms with Crippen molar-refractivity contribution in [2.75, 3.05) is 19.8 Å². The van der Waals surface area contributed by atoms with Crippen LogP contribution in [0.25, 0.3) is 0 Å². The van der Waals surface area contributed by atoms with Crippen molar-refractivity contribution in [2.24, 2.45) is 0 Å². The molecule has 0 aliphatic carbocycles. The number of phosphoric ester groups is 1. The number of rotatable bonds is 7. The fraction of sp³-hybridized carbons (Fsp3) is 0.625. The maximum Gasteiger partial charge on any atom is 0.475 e. The van der Waals surface area contributed by atoms with Gasteiger partial charge in [-0.15, -0.1) is 5.73 Å². The van der Waals surface area contributed by atoms with Gasteiger partial charge in [-0.25, -0.2) is 4.57 Å². The second kappa shape index (κ2) is 7.07. The monoisotopic (exact) mass is 206 g/mol. The topological polar surface area (TPSA) is 44.8 Å². The highest BCUT2D eigenvalue weighted by molar-refractivity contribution is 7.48. The van der Waals surface area contributed by atoms with Crippen molar-refractivity contribution in [3.8, 4) is 0 Å². The molecule has 0 saturated carbocycles. The summed E-state index contributed by atoms with van der Waals surface area (Å²) < 4.78 is 26.2. The van der Waals surface area contributed by atoms with Crippen LogP contribution in [0, 0.1) is 0 Å². The Bertz CT molecular complexity index is 210. The lowest BCUT2D eigenvalue weighted by Crippen LogP contribution is -1.99. The molecule has 0 aliphatic rings. The van der Waals surface area contributed by atoms with Crippen molar-refractivity contribution in [2.45, 2.75) is 13.8 Å². The first-order valence-corrected chi connectivity index (χ1v) is 5.52. The summed E-state index contributed by atoms with van der Waals surface area (Å²) in [6, 6.07) is 0. The number of phosphoric acid groups is 1. The third-order valence-corrected chi connectivity index (χ3v) is 2.65. The summed E-state index contributed by atoms with van der Waals surface area (Å²) in [6.45, 7) is 7.48. The molecule has 5 heteroatoms. The van der Waals surface area contributed by atoms with Gasteiger partial charge in [0, 0.05) is 0 Å². The van der Waals surface area contributed by atoms with Crippen LogP contribution in [0.15, 0.2) is 18.4 Å². The molecule has 13 heavy (non-hydrogen) atoms. The van der Waals surface area contributed by atoms with Gasteiger partial charge < -0.3 is 0 Å². The Morgan fingerprint density at radius 3 is 2.23 bits per heavy atom. The Balaban J connectivity index is 4.06. The van der Waals surface area contributed by atoms with E-state index in [1.54, 1.807) is 13.8 Å². The average Bonchev–Trinajstić information content (AvgIpc) is 2.05. The van der Waals surface area contributed by atoms with E-state index < -0.39 is 7.82 Å². The van der Waals surface area contributed by atoms with Gasteiger partial charge >= 0.3 is 7.82 Å². The van der Waals surface area contributed by atoms with E-state index in [-0.39, 0.29) is 19.8 Å². The second-order valence-corrected chi connectivity index (χ2v) is 3.66. The Morgan fingerprint density at radius 2 is 1.85 bits per heavy atom. The maximum atomic E-state index is 11.6. The fourth-order valence-corrected chi connectivity index (χ4v) is 1.73. The molecule has 0 aromatic rings. The van der Waals surface area contributed by atoms with Gasteiger partial charge in [0.15, 0.2) is 0 Å². The maximum absolute atomic E-state index is 11.6. The van der Waals surface area contributed by atoms with Crippen LogP contribution in [-0.4, -0.2) is 19.8 Å². The summed E-state index contributed by atoms with van der Waals surface area (Å²) in [6.07, 6.45) is 1.50. The Hall–Kier alpha value is -0.370. The van der Waals surface area contributed by atoms with Crippen molar-refractivity contribution in [1.82, 2.24) is 0 Å². The largest absolute Gasteiger partial charge is 0.475 e. The van der Waals surface area contributed by atoms with E-state index in [2.05, 4.69) is 12.3 Å². The zero-order chi connectivity index (χ0) is 10.2. The summed E-state index contributed by atoms with van der Waals surface area (Å²) in [5.41, 5.74) is 2.49. The smallest absolute Gasteiger partial charge is 0.287 e. The summed E-state index contributed by atoms with van der Waals surface area (Å²) in [5, 5.41) is 0. The average molecular weight is 206 g/mol. The molecule has 0 N–H and O–H groups in total. The molecule has 0 aromatic carbocycles. The molecule has 0 aromatic heterocycles. The molecule has 0 amide bonds. The summed E-state index contributed by atoms with van der Waals surface area (Å²) in [4.78, 5) is 0. The third kappa shape index (κ3) is 5.81. The van der Waals surface area contributed by atoms with Crippen LogP contribution >= 0.6 is 7.82 Å². The van der Waals surface area contributed by atoms with E-state index in [1.807, 2.05) is 0 Å². The molecular formula is C8H15O4P. The van der Waals surface area contributed by atoms with Gasteiger partial charge in [0.1, 0.15) is 0 Å². The molecule has 0 rings (SSSR count). The molecule has 0 radical (unpaired) electrons. The lowest BCUT2D eigenvalue weighted by atomic mass is 10.7. The van der Waals surface area contributed by atoms with E-state index >= 15 is 0 Å². The Kier molecular flexibility index (Phi) is 6.87. The van der Waals surface area contributed by atoms with Crippen LogP contribution in [0.1, 0.15) is 13.8 Å². The van der Waals surface area contributed by atoms with Crippen molar-refractivity contribution in [1.29, 1.82) is 0 Å². The molecule has 0 aliphatic heterocycles. The molecule has 0 bridgehead atoms. The number of hydrogen-bond acceptors (Lipinski definition) is 4. The number of hydrogen-bond donors (Lipinski definition) is 0. The van der Waals surface area contributed by atoms with Crippen molar-refractivity contribution >= 4 is 7.82 Å². The van der Waals surface area contributed by atoms with Crippen molar-refractivity contribution in [3.05, 3.63) is 18.4 Å². The minimum atomic E-state index is -3.35. The van der Waals surface area contributed by atoms with Gasteiger partial charge in [-0.05, 0) is 19.9 Å². The van der Waals surface area contributed by atoms with Crippen LogP contribution in [0.3, 0.4) is 0 Å². The van der Waals surface area contributed by atoms with Crippen molar-refractivity contribution in [3.63, 3.8) is 0 Å². The van der Waals surface area contributed by atoms with E-state index in [4.69, 9.17) is 13.6 Å². The lowest BCUT2D eigenvalue weighted by molar-refractivity contribution is 0.131. The third-order valence-electron chi connectivity index (χ3n) is 1.03. The standard InChI is InChI=1S/C8H15O4P/c1-4-7-8-12-13(9,10-5-2)11-6-3/h7H,1,5-6,8H2,2-3H3. The zero-order valence-corrected chi connectivity index (χ0v) is 8.88. The van der Waals surface area contributed by atoms with Gasteiger partial charge in [-0.3, -0.25) is 13.6 Å². The van der Waals surface area contributed by atoms with Crippen LogP contribution in [0.5, 0.6) is 0 Å². The lowest BCUT2D eigenvalue weighted by Gasteiger charge is -2.14. The van der Waals surface area contributed by atoms with Crippen molar-refractivity contribution < 1.29 is 18.1 Å². The Morgan fingerprint density at radius 1 is 1.31 bits per heavy atom. The molecule has 4 nitrogen and oxygen atoms in total. The highest BCUT2D eigenvalue weighted by Crippen LogP contribution is 2.48. The quantitative estimate of drug-likeness (QED) is 0.474. The van der Waals surface area contributed by atoms with E-state index in [1.165, 1.54) is 6.08 Å². The first kappa shape index (κ1) is 12.6. The van der Waals surface area contributed by atoms with Crippen LogP contribution < -0.4 is 0 Å². The minimum absolute atomic E-state index is 0.126. The molecule has 76 valence electrons.